The van der Waals surface area contributed by atoms with E-state index in [0.717, 1.165) is 27.9 Å². The summed E-state index contributed by atoms with van der Waals surface area (Å²) in [5, 5.41) is 12.3. The smallest absolute Gasteiger partial charge is 0.262 e. The number of nitrogens with zero attached hydrogens (tertiary/aromatic N) is 1. The SMILES string of the molecule is Cc1ccc(/C(C#N)=C/c2ccc(OCC(=O)Nc3cccc(C)c3)cc2)cc1. The van der Waals surface area contributed by atoms with Gasteiger partial charge in [0.1, 0.15) is 5.75 Å². The van der Waals surface area contributed by atoms with Crippen LogP contribution < -0.4 is 10.1 Å². The van der Waals surface area contributed by atoms with Crippen molar-refractivity contribution in [2.24, 2.45) is 0 Å². The van der Waals surface area contributed by atoms with Crippen LogP contribution in [0.4, 0.5) is 5.69 Å². The quantitative estimate of drug-likeness (QED) is 0.459. The molecule has 0 bridgehead atoms. The first kappa shape index (κ1) is 19.9. The Morgan fingerprint density at radius 2 is 1.72 bits per heavy atom. The first-order valence-electron chi connectivity index (χ1n) is 9.32. The van der Waals surface area contributed by atoms with E-state index in [4.69, 9.17) is 4.74 Å². The van der Waals surface area contributed by atoms with Crippen molar-refractivity contribution in [1.29, 1.82) is 5.26 Å². The number of anilines is 1. The van der Waals surface area contributed by atoms with Crippen LogP contribution in [0.15, 0.2) is 72.8 Å². The molecule has 29 heavy (non-hydrogen) atoms. The number of nitriles is 1. The molecule has 4 nitrogen and oxygen atoms in total. The maximum Gasteiger partial charge on any atom is 0.262 e. The number of carbonyl (C=O) groups is 1. The first-order valence-corrected chi connectivity index (χ1v) is 9.32. The molecule has 144 valence electrons. The Hall–Kier alpha value is -3.84. The highest BCUT2D eigenvalue weighted by Crippen LogP contribution is 2.20. The standard InChI is InChI=1S/C25H22N2O2/c1-18-6-10-21(11-7-18)22(16-26)15-20-8-12-24(13-9-20)29-17-25(28)27-23-5-3-4-19(2)14-23/h3-15H,17H2,1-2H3,(H,27,28)/b22-15+. The van der Waals surface area contributed by atoms with E-state index in [0.29, 0.717) is 11.3 Å². The van der Waals surface area contributed by atoms with E-state index in [1.54, 1.807) is 12.1 Å². The number of aryl methyl sites for hydroxylation is 2. The van der Waals surface area contributed by atoms with Crippen LogP contribution in [0.2, 0.25) is 0 Å². The third kappa shape index (κ3) is 5.82. The molecule has 0 saturated heterocycles. The Morgan fingerprint density at radius 1 is 1.00 bits per heavy atom. The lowest BCUT2D eigenvalue weighted by atomic mass is 10.0. The first-order chi connectivity index (χ1) is 14.0. The minimum atomic E-state index is -0.217. The summed E-state index contributed by atoms with van der Waals surface area (Å²) in [6.07, 6.45) is 1.83. The third-order valence-corrected chi connectivity index (χ3v) is 4.35. The fraction of sp³-hybridized carbons (Fsp3) is 0.120. The van der Waals surface area contributed by atoms with E-state index in [2.05, 4.69) is 11.4 Å². The minimum absolute atomic E-state index is 0.0735. The molecule has 1 N–H and O–H groups in total. The number of hydrogen-bond donors (Lipinski definition) is 1. The van der Waals surface area contributed by atoms with E-state index >= 15 is 0 Å². The molecular weight excluding hydrogens is 360 g/mol. The molecule has 0 saturated carbocycles. The van der Waals surface area contributed by atoms with Crippen molar-refractivity contribution >= 4 is 23.2 Å². The summed E-state index contributed by atoms with van der Waals surface area (Å²) in [6, 6.07) is 25.0. The van der Waals surface area contributed by atoms with Gasteiger partial charge in [-0.2, -0.15) is 5.26 Å². The van der Waals surface area contributed by atoms with Crippen LogP contribution in [-0.2, 0) is 4.79 Å². The van der Waals surface area contributed by atoms with Gasteiger partial charge in [-0.3, -0.25) is 4.79 Å². The van der Waals surface area contributed by atoms with Gasteiger partial charge in [0.2, 0.25) is 0 Å². The number of carbonyl (C=O) groups excluding carboxylic acids is 1. The van der Waals surface area contributed by atoms with E-state index in [1.165, 1.54) is 0 Å². The Morgan fingerprint density at radius 3 is 2.38 bits per heavy atom. The van der Waals surface area contributed by atoms with Crippen molar-refractivity contribution in [2.45, 2.75) is 13.8 Å². The Bertz CT molecular complexity index is 1060. The van der Waals surface area contributed by atoms with Crippen LogP contribution in [0.1, 0.15) is 22.3 Å². The zero-order valence-corrected chi connectivity index (χ0v) is 16.5. The number of amides is 1. The molecule has 0 aliphatic heterocycles. The van der Waals surface area contributed by atoms with E-state index < -0.39 is 0 Å². The van der Waals surface area contributed by atoms with Gasteiger partial charge >= 0.3 is 0 Å². The minimum Gasteiger partial charge on any atom is -0.484 e. The molecule has 1 amide bonds. The van der Waals surface area contributed by atoms with Gasteiger partial charge in [0, 0.05) is 5.69 Å². The predicted molar refractivity (Wildman–Crippen MR) is 116 cm³/mol. The molecule has 0 radical (unpaired) electrons. The molecule has 4 heteroatoms. The van der Waals surface area contributed by atoms with Crippen LogP contribution in [0.3, 0.4) is 0 Å². The van der Waals surface area contributed by atoms with Gasteiger partial charge in [0.25, 0.3) is 5.91 Å². The topological polar surface area (TPSA) is 62.1 Å². The van der Waals surface area contributed by atoms with Crippen molar-refractivity contribution < 1.29 is 9.53 Å². The summed E-state index contributed by atoms with van der Waals surface area (Å²) in [5.74, 6) is 0.376. The molecule has 3 aromatic rings. The van der Waals surface area contributed by atoms with E-state index in [9.17, 15) is 10.1 Å². The molecule has 0 aliphatic rings. The third-order valence-electron chi connectivity index (χ3n) is 4.35. The lowest BCUT2D eigenvalue weighted by Gasteiger charge is -2.08. The summed E-state index contributed by atoms with van der Waals surface area (Å²) in [6.45, 7) is 3.91. The van der Waals surface area contributed by atoms with Gasteiger partial charge in [-0.1, -0.05) is 54.1 Å². The van der Waals surface area contributed by atoms with E-state index in [1.807, 2.05) is 80.6 Å². The fourth-order valence-corrected chi connectivity index (χ4v) is 2.81. The van der Waals surface area contributed by atoms with Crippen molar-refractivity contribution in [3.05, 3.63) is 95.1 Å². The second kappa shape index (κ2) is 9.38. The molecule has 0 fully saturated rings. The molecule has 0 heterocycles. The average molecular weight is 382 g/mol. The van der Waals surface area contributed by atoms with Gasteiger partial charge in [0.05, 0.1) is 11.6 Å². The Balaban J connectivity index is 1.60. The molecule has 0 unspecified atom stereocenters. The van der Waals surface area contributed by atoms with Crippen molar-refractivity contribution in [3.63, 3.8) is 0 Å². The highest BCUT2D eigenvalue weighted by Gasteiger charge is 2.05. The molecule has 3 aromatic carbocycles. The summed E-state index contributed by atoms with van der Waals surface area (Å²) in [7, 11) is 0. The van der Waals surface area contributed by atoms with Crippen LogP contribution in [0.5, 0.6) is 5.75 Å². The van der Waals surface area contributed by atoms with Crippen LogP contribution in [-0.4, -0.2) is 12.5 Å². The fourth-order valence-electron chi connectivity index (χ4n) is 2.81. The van der Waals surface area contributed by atoms with Crippen molar-refractivity contribution in [3.8, 4) is 11.8 Å². The molecule has 0 aliphatic carbocycles. The summed E-state index contributed by atoms with van der Waals surface area (Å²) < 4.78 is 5.56. The van der Waals surface area contributed by atoms with Crippen LogP contribution in [0.25, 0.3) is 11.6 Å². The molecule has 0 atom stereocenters. The van der Waals surface area contributed by atoms with Gasteiger partial charge in [-0.15, -0.1) is 0 Å². The van der Waals surface area contributed by atoms with E-state index in [-0.39, 0.29) is 12.5 Å². The second-order valence-electron chi connectivity index (χ2n) is 6.81. The average Bonchev–Trinajstić information content (AvgIpc) is 2.72. The normalized spacial score (nSPS) is 10.9. The number of nitrogens with one attached hydrogen (secondary N) is 1. The molecule has 3 rings (SSSR count). The molecule has 0 aromatic heterocycles. The van der Waals surface area contributed by atoms with Crippen LogP contribution >= 0.6 is 0 Å². The van der Waals surface area contributed by atoms with Gasteiger partial charge in [0.15, 0.2) is 6.61 Å². The number of ether oxygens (including phenoxy) is 1. The predicted octanol–water partition coefficient (Wildman–Crippen LogP) is 5.39. The van der Waals surface area contributed by atoms with Crippen molar-refractivity contribution in [2.75, 3.05) is 11.9 Å². The highest BCUT2D eigenvalue weighted by molar-refractivity contribution is 5.92. The number of allylic oxidation sites excluding steroid dienone is 1. The summed E-state index contributed by atoms with van der Waals surface area (Å²) in [4.78, 5) is 12.0. The number of benzene rings is 3. The highest BCUT2D eigenvalue weighted by atomic mass is 16.5. The zero-order chi connectivity index (χ0) is 20.6. The molecular formula is C25H22N2O2. The monoisotopic (exact) mass is 382 g/mol. The maximum atomic E-state index is 12.0. The molecule has 0 spiro atoms. The zero-order valence-electron chi connectivity index (χ0n) is 16.5. The Labute approximate surface area is 171 Å². The summed E-state index contributed by atoms with van der Waals surface area (Å²) >= 11 is 0. The summed E-state index contributed by atoms with van der Waals surface area (Å²) in [5.41, 5.74) is 5.34. The van der Waals surface area contributed by atoms with Gasteiger partial charge in [-0.25, -0.2) is 0 Å². The number of rotatable bonds is 6. The maximum absolute atomic E-state index is 12.0. The van der Waals surface area contributed by atoms with Crippen LogP contribution in [0, 0.1) is 25.2 Å². The van der Waals surface area contributed by atoms with Crippen molar-refractivity contribution in [1.82, 2.24) is 0 Å². The van der Waals surface area contributed by atoms with Gasteiger partial charge in [-0.05, 0) is 60.9 Å². The second-order valence-corrected chi connectivity index (χ2v) is 6.81. The Kier molecular flexibility index (Phi) is 6.44. The van der Waals surface area contributed by atoms with Gasteiger partial charge < -0.3 is 10.1 Å². The number of hydrogen-bond acceptors (Lipinski definition) is 3. The lowest BCUT2D eigenvalue weighted by molar-refractivity contribution is -0.118. The largest absolute Gasteiger partial charge is 0.484 e. The lowest BCUT2D eigenvalue weighted by Crippen LogP contribution is -2.20.